The van der Waals surface area contributed by atoms with E-state index in [1.54, 1.807) is 6.92 Å². The molecule has 10 heteroatoms. The molecule has 0 heterocycles. The van der Waals surface area contributed by atoms with E-state index < -0.39 is 38.6 Å². The summed E-state index contributed by atoms with van der Waals surface area (Å²) in [5.41, 5.74) is 4.11. The summed E-state index contributed by atoms with van der Waals surface area (Å²) in [6.07, 6.45) is -4.83. The van der Waals surface area contributed by atoms with Gasteiger partial charge in [-0.25, -0.2) is 8.42 Å². The largest absolute Gasteiger partial charge is 0.417 e. The molecule has 0 saturated carbocycles. The number of nitrogens with two attached hydrogens (primary N) is 1. The number of nitrogens with one attached hydrogen (secondary N) is 2. The molecule has 0 aliphatic carbocycles. The van der Waals surface area contributed by atoms with E-state index in [1.165, 1.54) is 13.0 Å². The Morgan fingerprint density at radius 1 is 1.25 bits per heavy atom. The zero-order valence-corrected chi connectivity index (χ0v) is 14.0. The molecule has 6 nitrogen and oxygen atoms in total. The van der Waals surface area contributed by atoms with Crippen molar-refractivity contribution in [3.8, 4) is 0 Å². The fourth-order valence-electron chi connectivity index (χ4n) is 1.80. The normalized spacial score (nSPS) is 14.9. The minimum absolute atomic E-state index is 0.0105. The first-order valence-electron chi connectivity index (χ1n) is 7.15. The van der Waals surface area contributed by atoms with Crippen molar-refractivity contribution in [2.75, 3.05) is 13.1 Å². The Morgan fingerprint density at radius 2 is 1.83 bits per heavy atom. The van der Waals surface area contributed by atoms with E-state index in [2.05, 4.69) is 5.32 Å². The first-order valence-corrected chi connectivity index (χ1v) is 8.63. The van der Waals surface area contributed by atoms with Crippen LogP contribution in [0.4, 0.5) is 13.2 Å². The van der Waals surface area contributed by atoms with Gasteiger partial charge in [0.25, 0.3) is 0 Å². The first-order chi connectivity index (χ1) is 11.0. The average Bonchev–Trinajstić information content (AvgIpc) is 2.50. The average molecular weight is 367 g/mol. The number of carbonyl (C=O) groups excluding carboxylic acids is 1. The predicted molar refractivity (Wildman–Crippen MR) is 82.5 cm³/mol. The summed E-state index contributed by atoms with van der Waals surface area (Å²) in [6.45, 7) is 3.60. The Morgan fingerprint density at radius 3 is 2.38 bits per heavy atom. The van der Waals surface area contributed by atoms with Crippen molar-refractivity contribution < 1.29 is 26.4 Å². The van der Waals surface area contributed by atoms with Crippen LogP contribution in [0.5, 0.6) is 0 Å². The highest BCUT2D eigenvalue weighted by molar-refractivity contribution is 7.89. The Labute approximate surface area is 138 Å². The highest BCUT2D eigenvalue weighted by Crippen LogP contribution is 2.33. The number of rotatable bonds is 7. The van der Waals surface area contributed by atoms with Gasteiger partial charge in [0.2, 0.25) is 15.9 Å². The van der Waals surface area contributed by atoms with Crippen LogP contribution in [0.1, 0.15) is 19.4 Å². The monoisotopic (exact) mass is 367 g/mol. The summed E-state index contributed by atoms with van der Waals surface area (Å²) >= 11 is 0. The fourth-order valence-corrected chi connectivity index (χ4v) is 3.23. The molecule has 0 bridgehead atoms. The molecule has 1 rings (SSSR count). The maximum absolute atomic E-state index is 12.9. The molecule has 2 unspecified atom stereocenters. The Kier molecular flexibility index (Phi) is 6.76. The lowest BCUT2D eigenvalue weighted by atomic mass is 10.2. The first kappa shape index (κ1) is 20.4. The maximum atomic E-state index is 12.9. The molecule has 0 aliphatic rings. The van der Waals surface area contributed by atoms with Crippen LogP contribution in [0.3, 0.4) is 0 Å². The number of hydrogen-bond donors (Lipinski definition) is 3. The molecule has 0 aromatic heterocycles. The molecule has 24 heavy (non-hydrogen) atoms. The van der Waals surface area contributed by atoms with E-state index in [-0.39, 0.29) is 12.5 Å². The molecule has 0 spiro atoms. The molecule has 0 saturated heterocycles. The Balaban J connectivity index is 2.93. The van der Waals surface area contributed by atoms with E-state index in [0.29, 0.717) is 12.6 Å². The molecule has 1 amide bonds. The number of halogens is 3. The number of benzene rings is 1. The maximum Gasteiger partial charge on any atom is 0.417 e. The van der Waals surface area contributed by atoms with Crippen molar-refractivity contribution in [2.45, 2.75) is 31.0 Å². The number of sulfonamides is 1. The minimum atomic E-state index is -4.83. The lowest BCUT2D eigenvalue weighted by Gasteiger charge is -2.18. The SMILES string of the molecule is CC(CN)CNC(=O)C(C)NS(=O)(=O)c1ccccc1C(F)(F)F. The van der Waals surface area contributed by atoms with Gasteiger partial charge in [0.05, 0.1) is 16.5 Å². The van der Waals surface area contributed by atoms with E-state index in [9.17, 15) is 26.4 Å². The molecule has 1 aromatic carbocycles. The second kappa shape index (κ2) is 7.95. The van der Waals surface area contributed by atoms with Crippen LogP contribution in [-0.4, -0.2) is 33.5 Å². The van der Waals surface area contributed by atoms with E-state index >= 15 is 0 Å². The zero-order chi connectivity index (χ0) is 18.5. The van der Waals surface area contributed by atoms with Crippen molar-refractivity contribution >= 4 is 15.9 Å². The summed E-state index contributed by atoms with van der Waals surface area (Å²) in [4.78, 5) is 10.9. The summed E-state index contributed by atoms with van der Waals surface area (Å²) in [5, 5.41) is 2.48. The molecule has 0 fully saturated rings. The minimum Gasteiger partial charge on any atom is -0.354 e. The lowest BCUT2D eigenvalue weighted by Crippen LogP contribution is -2.46. The van der Waals surface area contributed by atoms with Gasteiger partial charge in [0.1, 0.15) is 0 Å². The number of amides is 1. The second-order valence-electron chi connectivity index (χ2n) is 5.42. The number of carbonyl (C=O) groups is 1. The van der Waals surface area contributed by atoms with Gasteiger partial charge in [0, 0.05) is 6.54 Å². The Hall–Kier alpha value is -1.65. The third-order valence-electron chi connectivity index (χ3n) is 3.23. The van der Waals surface area contributed by atoms with Crippen LogP contribution in [0.2, 0.25) is 0 Å². The quantitative estimate of drug-likeness (QED) is 0.671. The highest BCUT2D eigenvalue weighted by Gasteiger charge is 2.37. The van der Waals surface area contributed by atoms with Gasteiger partial charge < -0.3 is 11.1 Å². The topological polar surface area (TPSA) is 101 Å². The van der Waals surface area contributed by atoms with E-state index in [4.69, 9.17) is 5.73 Å². The van der Waals surface area contributed by atoms with Crippen molar-refractivity contribution in [3.63, 3.8) is 0 Å². The van der Waals surface area contributed by atoms with Gasteiger partial charge in [-0.1, -0.05) is 19.1 Å². The number of hydrogen-bond acceptors (Lipinski definition) is 4. The third kappa shape index (κ3) is 5.46. The van der Waals surface area contributed by atoms with Crippen LogP contribution in [-0.2, 0) is 21.0 Å². The van der Waals surface area contributed by atoms with Crippen LogP contribution >= 0.6 is 0 Å². The van der Waals surface area contributed by atoms with Crippen molar-refractivity contribution in [3.05, 3.63) is 29.8 Å². The summed E-state index contributed by atoms with van der Waals surface area (Å²) in [5.74, 6) is -0.660. The highest BCUT2D eigenvalue weighted by atomic mass is 32.2. The van der Waals surface area contributed by atoms with Gasteiger partial charge in [-0.2, -0.15) is 17.9 Å². The van der Waals surface area contributed by atoms with Gasteiger partial charge in [-0.05, 0) is 31.5 Å². The molecule has 4 N–H and O–H groups in total. The molecule has 2 atom stereocenters. The van der Waals surface area contributed by atoms with Crippen molar-refractivity contribution in [2.24, 2.45) is 11.7 Å². The third-order valence-corrected chi connectivity index (χ3v) is 4.83. The summed E-state index contributed by atoms with van der Waals surface area (Å²) in [7, 11) is -4.52. The van der Waals surface area contributed by atoms with Crippen LogP contribution in [0, 0.1) is 5.92 Å². The van der Waals surface area contributed by atoms with Crippen molar-refractivity contribution in [1.82, 2.24) is 10.0 Å². The molecular weight excluding hydrogens is 347 g/mol. The number of alkyl halides is 3. The molecule has 1 aromatic rings. The Bertz CT molecular complexity index is 677. The van der Waals surface area contributed by atoms with Crippen molar-refractivity contribution in [1.29, 1.82) is 0 Å². The van der Waals surface area contributed by atoms with Crippen LogP contribution < -0.4 is 15.8 Å². The van der Waals surface area contributed by atoms with Gasteiger partial charge in [-0.3, -0.25) is 4.79 Å². The molecule has 0 aliphatic heterocycles. The summed E-state index contributed by atoms with van der Waals surface area (Å²) in [6, 6.07) is 2.54. The smallest absolute Gasteiger partial charge is 0.354 e. The van der Waals surface area contributed by atoms with Gasteiger partial charge >= 0.3 is 6.18 Å². The molecule has 136 valence electrons. The van der Waals surface area contributed by atoms with Gasteiger partial charge in [0.15, 0.2) is 0 Å². The van der Waals surface area contributed by atoms with E-state index in [0.717, 1.165) is 12.1 Å². The van der Waals surface area contributed by atoms with Gasteiger partial charge in [-0.15, -0.1) is 0 Å². The predicted octanol–water partition coefficient (Wildman–Crippen LogP) is 1.08. The van der Waals surface area contributed by atoms with Crippen LogP contribution in [0.25, 0.3) is 0 Å². The van der Waals surface area contributed by atoms with Crippen LogP contribution in [0.15, 0.2) is 29.2 Å². The second-order valence-corrected chi connectivity index (χ2v) is 7.11. The standard InChI is InChI=1S/C14H20F3N3O3S/c1-9(7-18)8-19-13(21)10(2)20-24(22,23)12-6-4-3-5-11(12)14(15,16)17/h3-6,9-10,20H,7-8,18H2,1-2H3,(H,19,21). The fraction of sp³-hybridized carbons (Fsp3) is 0.500. The van der Waals surface area contributed by atoms with E-state index in [1.807, 2.05) is 4.72 Å². The molecule has 0 radical (unpaired) electrons. The molecular formula is C14H20F3N3O3S. The zero-order valence-electron chi connectivity index (χ0n) is 13.2. The lowest BCUT2D eigenvalue weighted by molar-refractivity contribution is -0.139. The summed E-state index contributed by atoms with van der Waals surface area (Å²) < 4.78 is 65.2.